The first-order valence-electron chi connectivity index (χ1n) is 5.24. The van der Waals surface area contributed by atoms with E-state index >= 15 is 0 Å². The Bertz CT molecular complexity index is 561. The summed E-state index contributed by atoms with van der Waals surface area (Å²) in [5.41, 5.74) is 1.32. The van der Waals surface area contributed by atoms with E-state index in [-0.39, 0.29) is 11.4 Å². The molecule has 0 amide bonds. The van der Waals surface area contributed by atoms with E-state index in [0.717, 1.165) is 6.20 Å². The molecule has 16 heavy (non-hydrogen) atoms. The molecule has 3 nitrogen and oxygen atoms in total. The molecule has 0 aliphatic rings. The smallest absolute Gasteiger partial charge is 0.252 e. The van der Waals surface area contributed by atoms with Crippen molar-refractivity contribution in [1.29, 1.82) is 0 Å². The first-order valence-corrected chi connectivity index (χ1v) is 5.24. The fraction of sp³-hybridized carbons (Fsp3) is 0.333. The van der Waals surface area contributed by atoms with Crippen LogP contribution in [-0.4, -0.2) is 9.97 Å². The monoisotopic (exact) mass is 222 g/mol. The van der Waals surface area contributed by atoms with Crippen LogP contribution in [0.2, 0.25) is 0 Å². The Kier molecular flexibility index (Phi) is 3.77. The van der Waals surface area contributed by atoms with Crippen molar-refractivity contribution in [3.8, 4) is 0 Å². The van der Waals surface area contributed by atoms with E-state index in [9.17, 15) is 9.18 Å². The van der Waals surface area contributed by atoms with Gasteiger partial charge in [0.05, 0.1) is 6.20 Å². The van der Waals surface area contributed by atoms with Crippen LogP contribution in [-0.2, 0) is 0 Å². The van der Waals surface area contributed by atoms with Gasteiger partial charge in [0.15, 0.2) is 0 Å². The van der Waals surface area contributed by atoms with Gasteiger partial charge in [0.25, 0.3) is 5.56 Å². The molecule has 0 fully saturated rings. The second kappa shape index (κ2) is 4.88. The van der Waals surface area contributed by atoms with E-state index in [1.807, 2.05) is 13.8 Å². The summed E-state index contributed by atoms with van der Waals surface area (Å²) in [5.74, 6) is -0.357. The molecule has 86 valence electrons. The van der Waals surface area contributed by atoms with Crippen molar-refractivity contribution in [1.82, 2.24) is 9.97 Å². The van der Waals surface area contributed by atoms with Gasteiger partial charge >= 0.3 is 0 Å². The Morgan fingerprint density at radius 2 is 1.94 bits per heavy atom. The van der Waals surface area contributed by atoms with E-state index in [1.165, 1.54) is 0 Å². The Morgan fingerprint density at radius 3 is 2.56 bits per heavy atom. The fourth-order valence-corrected chi connectivity index (χ4v) is 1.36. The number of aromatic amines is 1. The molecule has 0 unspecified atom stereocenters. The lowest BCUT2D eigenvalue weighted by Gasteiger charge is -2.02. The molecule has 2 rings (SSSR count). The molecule has 0 aliphatic heterocycles. The van der Waals surface area contributed by atoms with Gasteiger partial charge in [-0.1, -0.05) is 13.8 Å². The van der Waals surface area contributed by atoms with Crippen molar-refractivity contribution in [3.63, 3.8) is 0 Å². The highest BCUT2D eigenvalue weighted by Crippen LogP contribution is 2.16. The number of halogens is 1. The lowest BCUT2D eigenvalue weighted by Crippen LogP contribution is -2.10. The molecule has 0 atom stereocenters. The summed E-state index contributed by atoms with van der Waals surface area (Å²) in [7, 11) is 0. The lowest BCUT2D eigenvalue weighted by molar-refractivity contribution is 0.615. The maximum Gasteiger partial charge on any atom is 0.252 e. The molecule has 0 saturated carbocycles. The minimum absolute atomic E-state index is 0.184. The van der Waals surface area contributed by atoms with Gasteiger partial charge in [0.2, 0.25) is 0 Å². The highest BCUT2D eigenvalue weighted by molar-refractivity contribution is 5.78. The van der Waals surface area contributed by atoms with Crippen molar-refractivity contribution in [2.24, 2.45) is 0 Å². The summed E-state index contributed by atoms with van der Waals surface area (Å²) < 4.78 is 13.1. The van der Waals surface area contributed by atoms with Crippen molar-refractivity contribution in [2.45, 2.75) is 27.7 Å². The Balaban J connectivity index is 0.000000606. The second-order valence-corrected chi connectivity index (χ2v) is 3.27. The Hall–Kier alpha value is -1.71. The van der Waals surface area contributed by atoms with Gasteiger partial charge in [0, 0.05) is 10.9 Å². The Labute approximate surface area is 93.3 Å². The molecule has 0 spiro atoms. The standard InChI is InChI=1S/C10H9FN2O.C2H6/c1-5-3-7-6(2)8(11)4-12-9(7)13-10(5)14;1-2/h3-4H,1-2H3,(H,12,13,14);1-2H3. The van der Waals surface area contributed by atoms with Crippen LogP contribution in [0.3, 0.4) is 0 Å². The average molecular weight is 222 g/mol. The summed E-state index contributed by atoms with van der Waals surface area (Å²) in [5, 5.41) is 0.655. The van der Waals surface area contributed by atoms with Gasteiger partial charge in [-0.2, -0.15) is 0 Å². The van der Waals surface area contributed by atoms with Gasteiger partial charge in [0.1, 0.15) is 11.5 Å². The molecule has 4 heteroatoms. The fourth-order valence-electron chi connectivity index (χ4n) is 1.36. The van der Waals surface area contributed by atoms with Crippen LogP contribution < -0.4 is 5.56 Å². The van der Waals surface area contributed by atoms with Gasteiger partial charge < -0.3 is 4.98 Å². The van der Waals surface area contributed by atoms with E-state index in [4.69, 9.17) is 0 Å². The highest BCUT2D eigenvalue weighted by atomic mass is 19.1. The number of pyridine rings is 2. The number of hydrogen-bond acceptors (Lipinski definition) is 2. The van der Waals surface area contributed by atoms with Gasteiger partial charge in [-0.15, -0.1) is 0 Å². The molecule has 2 aromatic heterocycles. The number of rotatable bonds is 0. The quantitative estimate of drug-likeness (QED) is 0.744. The number of nitrogens with zero attached hydrogens (tertiary/aromatic N) is 1. The molecule has 2 heterocycles. The van der Waals surface area contributed by atoms with Crippen molar-refractivity contribution in [3.05, 3.63) is 39.6 Å². The first-order chi connectivity index (χ1) is 7.59. The predicted molar refractivity (Wildman–Crippen MR) is 63.1 cm³/mol. The molecule has 0 bridgehead atoms. The molecular weight excluding hydrogens is 207 g/mol. The highest BCUT2D eigenvalue weighted by Gasteiger charge is 2.06. The van der Waals surface area contributed by atoms with Crippen molar-refractivity contribution < 1.29 is 4.39 Å². The minimum atomic E-state index is -0.357. The van der Waals surface area contributed by atoms with E-state index < -0.39 is 0 Å². The summed E-state index contributed by atoms with van der Waals surface area (Å²) in [6, 6.07) is 1.65. The van der Waals surface area contributed by atoms with Crippen molar-refractivity contribution >= 4 is 11.0 Å². The summed E-state index contributed by atoms with van der Waals surface area (Å²) in [4.78, 5) is 17.6. The maximum atomic E-state index is 13.1. The lowest BCUT2D eigenvalue weighted by atomic mass is 10.1. The predicted octanol–water partition coefficient (Wildman–Crippen LogP) is 2.71. The third-order valence-corrected chi connectivity index (χ3v) is 2.28. The van der Waals surface area contributed by atoms with Gasteiger partial charge in [-0.3, -0.25) is 4.79 Å². The zero-order chi connectivity index (χ0) is 12.3. The number of H-pyrrole nitrogens is 1. The second-order valence-electron chi connectivity index (χ2n) is 3.27. The number of aromatic nitrogens is 2. The molecule has 0 radical (unpaired) electrons. The number of aryl methyl sites for hydroxylation is 2. The summed E-state index contributed by atoms with van der Waals surface area (Å²) >= 11 is 0. The molecule has 1 N–H and O–H groups in total. The van der Waals surface area contributed by atoms with Crippen LogP contribution in [0.5, 0.6) is 0 Å². The summed E-state index contributed by atoms with van der Waals surface area (Å²) in [6.07, 6.45) is 1.11. The SMILES string of the molecule is CC.Cc1cc2c(C)c(F)cnc2[nH]c1=O. The van der Waals surface area contributed by atoms with Crippen LogP contribution in [0.25, 0.3) is 11.0 Å². The maximum absolute atomic E-state index is 13.1. The van der Waals surface area contributed by atoms with Crippen LogP contribution in [0.15, 0.2) is 17.1 Å². The Morgan fingerprint density at radius 1 is 1.31 bits per heavy atom. The topological polar surface area (TPSA) is 45.8 Å². The zero-order valence-electron chi connectivity index (χ0n) is 9.89. The zero-order valence-corrected chi connectivity index (χ0v) is 9.89. The van der Waals surface area contributed by atoms with E-state index in [2.05, 4.69) is 9.97 Å². The van der Waals surface area contributed by atoms with Crippen LogP contribution in [0.4, 0.5) is 4.39 Å². The third kappa shape index (κ3) is 2.10. The number of hydrogen-bond donors (Lipinski definition) is 1. The van der Waals surface area contributed by atoms with Crippen LogP contribution >= 0.6 is 0 Å². The first kappa shape index (κ1) is 12.4. The van der Waals surface area contributed by atoms with Gasteiger partial charge in [-0.05, 0) is 25.5 Å². The summed E-state index contributed by atoms with van der Waals surface area (Å²) in [6.45, 7) is 7.35. The van der Waals surface area contributed by atoms with Crippen LogP contribution in [0, 0.1) is 19.7 Å². The molecule has 2 aromatic rings. The largest absolute Gasteiger partial charge is 0.306 e. The molecule has 0 aromatic carbocycles. The minimum Gasteiger partial charge on any atom is -0.306 e. The van der Waals surface area contributed by atoms with E-state index in [0.29, 0.717) is 22.2 Å². The number of fused-ring (bicyclic) bond motifs is 1. The third-order valence-electron chi connectivity index (χ3n) is 2.28. The molecule has 0 aliphatic carbocycles. The molecule has 0 saturated heterocycles. The average Bonchev–Trinajstić information content (AvgIpc) is 2.30. The number of nitrogens with one attached hydrogen (secondary N) is 1. The van der Waals surface area contributed by atoms with Crippen molar-refractivity contribution in [2.75, 3.05) is 0 Å². The normalized spacial score (nSPS) is 9.81. The van der Waals surface area contributed by atoms with E-state index in [1.54, 1.807) is 19.9 Å². The van der Waals surface area contributed by atoms with Gasteiger partial charge in [-0.25, -0.2) is 9.37 Å². The van der Waals surface area contributed by atoms with Crippen LogP contribution in [0.1, 0.15) is 25.0 Å². The molecular formula is C12H15FN2O.